The second-order valence-corrected chi connectivity index (χ2v) is 4.15. The average Bonchev–Trinajstić information content (AvgIpc) is 2.41. The van der Waals surface area contributed by atoms with E-state index in [9.17, 15) is 9.59 Å². The number of amides is 2. The minimum atomic E-state index is -0.709. The third-order valence-corrected chi connectivity index (χ3v) is 2.55. The fourth-order valence-electron chi connectivity index (χ4n) is 1.59. The lowest BCUT2D eigenvalue weighted by molar-refractivity contribution is -0.124. The highest BCUT2D eigenvalue weighted by Gasteiger charge is 2.17. The molecule has 0 aliphatic heterocycles. The first-order chi connectivity index (χ1) is 9.13. The van der Waals surface area contributed by atoms with Gasteiger partial charge in [0.1, 0.15) is 5.92 Å². The van der Waals surface area contributed by atoms with Gasteiger partial charge in [-0.2, -0.15) is 5.26 Å². The number of nitrogens with one attached hydrogen (secondary N) is 2. The second-order valence-electron chi connectivity index (χ2n) is 4.15. The number of rotatable bonds is 6. The summed E-state index contributed by atoms with van der Waals surface area (Å²) in [5.41, 5.74) is 0.950. The molecular formula is C14H17N3O2. The number of benzene rings is 1. The van der Waals surface area contributed by atoms with Crippen molar-refractivity contribution in [1.29, 1.82) is 5.26 Å². The molecule has 0 radical (unpaired) electrons. The van der Waals surface area contributed by atoms with E-state index < -0.39 is 5.92 Å². The largest absolute Gasteiger partial charge is 0.355 e. The maximum atomic E-state index is 11.8. The van der Waals surface area contributed by atoms with E-state index in [0.717, 1.165) is 5.56 Å². The van der Waals surface area contributed by atoms with Gasteiger partial charge in [0.15, 0.2) is 0 Å². The van der Waals surface area contributed by atoms with E-state index >= 15 is 0 Å². The Kier molecular flexibility index (Phi) is 6.10. The zero-order chi connectivity index (χ0) is 14.1. The molecule has 1 aromatic rings. The summed E-state index contributed by atoms with van der Waals surface area (Å²) in [6.07, 6.45) is 0.392. The van der Waals surface area contributed by atoms with Crippen molar-refractivity contribution in [2.24, 2.45) is 5.92 Å². The molecule has 5 nitrogen and oxygen atoms in total. The van der Waals surface area contributed by atoms with Crippen LogP contribution in [0.1, 0.15) is 12.5 Å². The van der Waals surface area contributed by atoms with E-state index in [1.54, 1.807) is 0 Å². The zero-order valence-corrected chi connectivity index (χ0v) is 10.8. The van der Waals surface area contributed by atoms with Crippen LogP contribution in [0.5, 0.6) is 0 Å². The summed E-state index contributed by atoms with van der Waals surface area (Å²) in [6, 6.07) is 11.4. The molecule has 5 heteroatoms. The molecule has 0 heterocycles. The molecule has 1 rings (SSSR count). The summed E-state index contributed by atoms with van der Waals surface area (Å²) >= 11 is 0. The van der Waals surface area contributed by atoms with Crippen molar-refractivity contribution in [1.82, 2.24) is 10.6 Å². The van der Waals surface area contributed by atoms with Gasteiger partial charge in [0.05, 0.1) is 6.07 Å². The van der Waals surface area contributed by atoms with Gasteiger partial charge < -0.3 is 10.6 Å². The molecule has 2 amide bonds. The standard InChI is InChI=1S/C14H17N3O2/c1-11(18)16-7-8-17-14(19)13(10-15)9-12-5-3-2-4-6-12/h2-6,13H,7-9H2,1H3,(H,16,18)(H,17,19). The minimum Gasteiger partial charge on any atom is -0.355 e. The van der Waals surface area contributed by atoms with Gasteiger partial charge in [-0.1, -0.05) is 30.3 Å². The van der Waals surface area contributed by atoms with Crippen LogP contribution in [0, 0.1) is 17.2 Å². The third kappa shape index (κ3) is 5.68. The summed E-state index contributed by atoms with van der Waals surface area (Å²) in [5.74, 6) is -1.16. The van der Waals surface area contributed by atoms with E-state index in [-0.39, 0.29) is 11.8 Å². The summed E-state index contributed by atoms with van der Waals surface area (Å²) in [4.78, 5) is 22.4. The monoisotopic (exact) mass is 259 g/mol. The highest BCUT2D eigenvalue weighted by molar-refractivity contribution is 5.81. The van der Waals surface area contributed by atoms with Gasteiger partial charge in [0.25, 0.3) is 0 Å². The molecule has 0 spiro atoms. The number of carbonyl (C=O) groups is 2. The van der Waals surface area contributed by atoms with E-state index in [1.165, 1.54) is 6.92 Å². The van der Waals surface area contributed by atoms with Crippen LogP contribution in [0.4, 0.5) is 0 Å². The number of hydrogen-bond donors (Lipinski definition) is 2. The van der Waals surface area contributed by atoms with E-state index in [2.05, 4.69) is 10.6 Å². The van der Waals surface area contributed by atoms with Gasteiger partial charge in [-0.25, -0.2) is 0 Å². The Morgan fingerprint density at radius 3 is 2.42 bits per heavy atom. The first-order valence-electron chi connectivity index (χ1n) is 6.09. The van der Waals surface area contributed by atoms with Crippen LogP contribution in [0.15, 0.2) is 30.3 Å². The zero-order valence-electron chi connectivity index (χ0n) is 10.8. The molecule has 0 saturated heterocycles. The number of carbonyl (C=O) groups excluding carboxylic acids is 2. The first kappa shape index (κ1) is 14.7. The number of nitriles is 1. The van der Waals surface area contributed by atoms with Gasteiger partial charge in [-0.05, 0) is 12.0 Å². The quantitative estimate of drug-likeness (QED) is 0.735. The van der Waals surface area contributed by atoms with Gasteiger partial charge in [0.2, 0.25) is 11.8 Å². The number of nitrogens with zero attached hydrogens (tertiary/aromatic N) is 1. The lowest BCUT2D eigenvalue weighted by Gasteiger charge is -2.10. The maximum absolute atomic E-state index is 11.8. The molecule has 0 aliphatic rings. The lowest BCUT2D eigenvalue weighted by Crippen LogP contribution is -2.37. The van der Waals surface area contributed by atoms with Crippen molar-refractivity contribution < 1.29 is 9.59 Å². The Labute approximate surface area is 112 Å². The molecule has 0 fully saturated rings. The average molecular weight is 259 g/mol. The van der Waals surface area contributed by atoms with Crippen molar-refractivity contribution in [3.63, 3.8) is 0 Å². The summed E-state index contributed by atoms with van der Waals surface area (Å²) in [6.45, 7) is 2.10. The summed E-state index contributed by atoms with van der Waals surface area (Å²) in [7, 11) is 0. The second kappa shape index (κ2) is 7.88. The smallest absolute Gasteiger partial charge is 0.237 e. The molecule has 0 aromatic heterocycles. The van der Waals surface area contributed by atoms with Crippen molar-refractivity contribution in [3.05, 3.63) is 35.9 Å². The van der Waals surface area contributed by atoms with Crippen molar-refractivity contribution >= 4 is 11.8 Å². The van der Waals surface area contributed by atoms with Crippen LogP contribution in [0.3, 0.4) is 0 Å². The SMILES string of the molecule is CC(=O)NCCNC(=O)C(C#N)Cc1ccccc1. The van der Waals surface area contributed by atoms with Gasteiger partial charge in [0, 0.05) is 20.0 Å². The lowest BCUT2D eigenvalue weighted by atomic mass is 10.00. The topological polar surface area (TPSA) is 82.0 Å². The van der Waals surface area contributed by atoms with Gasteiger partial charge in [-0.15, -0.1) is 0 Å². The fraction of sp³-hybridized carbons (Fsp3) is 0.357. The van der Waals surface area contributed by atoms with Crippen molar-refractivity contribution in [2.45, 2.75) is 13.3 Å². The van der Waals surface area contributed by atoms with E-state index in [0.29, 0.717) is 19.5 Å². The molecule has 1 aromatic carbocycles. The van der Waals surface area contributed by atoms with E-state index in [1.807, 2.05) is 36.4 Å². The molecule has 2 N–H and O–H groups in total. The molecule has 1 atom stereocenters. The Balaban J connectivity index is 2.40. The first-order valence-corrected chi connectivity index (χ1v) is 6.09. The summed E-state index contributed by atoms with van der Waals surface area (Å²) < 4.78 is 0. The molecule has 19 heavy (non-hydrogen) atoms. The van der Waals surface area contributed by atoms with Gasteiger partial charge >= 0.3 is 0 Å². The molecule has 1 unspecified atom stereocenters. The molecular weight excluding hydrogens is 242 g/mol. The van der Waals surface area contributed by atoms with Crippen molar-refractivity contribution in [2.75, 3.05) is 13.1 Å². The van der Waals surface area contributed by atoms with Crippen LogP contribution in [0.2, 0.25) is 0 Å². The Bertz CT molecular complexity index is 465. The maximum Gasteiger partial charge on any atom is 0.237 e. The molecule has 0 bridgehead atoms. The minimum absolute atomic E-state index is 0.143. The summed E-state index contributed by atoms with van der Waals surface area (Å²) in [5, 5.41) is 14.2. The van der Waals surface area contributed by atoms with Gasteiger partial charge in [-0.3, -0.25) is 9.59 Å². The van der Waals surface area contributed by atoms with Crippen LogP contribution in [-0.4, -0.2) is 24.9 Å². The predicted molar refractivity (Wildman–Crippen MR) is 70.9 cm³/mol. The third-order valence-electron chi connectivity index (χ3n) is 2.55. The Hall–Kier alpha value is -2.35. The van der Waals surface area contributed by atoms with Crippen molar-refractivity contribution in [3.8, 4) is 6.07 Å². The van der Waals surface area contributed by atoms with Crippen LogP contribution >= 0.6 is 0 Å². The highest BCUT2D eigenvalue weighted by atomic mass is 16.2. The van der Waals surface area contributed by atoms with Crippen LogP contribution in [0.25, 0.3) is 0 Å². The van der Waals surface area contributed by atoms with Crippen LogP contribution < -0.4 is 10.6 Å². The Morgan fingerprint density at radius 1 is 1.21 bits per heavy atom. The Morgan fingerprint density at radius 2 is 1.84 bits per heavy atom. The molecule has 0 aliphatic carbocycles. The van der Waals surface area contributed by atoms with E-state index in [4.69, 9.17) is 5.26 Å². The van der Waals surface area contributed by atoms with Crippen LogP contribution in [-0.2, 0) is 16.0 Å². The fourth-order valence-corrected chi connectivity index (χ4v) is 1.59. The number of hydrogen-bond acceptors (Lipinski definition) is 3. The predicted octanol–water partition coefficient (Wildman–Crippen LogP) is 0.621. The highest BCUT2D eigenvalue weighted by Crippen LogP contribution is 2.07. The normalized spacial score (nSPS) is 11.2. The molecule has 100 valence electrons. The molecule has 0 saturated carbocycles.